The van der Waals surface area contributed by atoms with Crippen LogP contribution in [0.25, 0.3) is 0 Å². The van der Waals surface area contributed by atoms with Crippen LogP contribution >= 0.6 is 15.9 Å². The fourth-order valence-electron chi connectivity index (χ4n) is 1.76. The Morgan fingerprint density at radius 1 is 1.44 bits per heavy atom. The monoisotopic (exact) mass is 310 g/mol. The predicted molar refractivity (Wildman–Crippen MR) is 77.8 cm³/mol. The molecule has 0 atom stereocenters. The molecule has 0 saturated carbocycles. The lowest BCUT2D eigenvalue weighted by Crippen LogP contribution is -2.30. The lowest BCUT2D eigenvalue weighted by atomic mass is 10.1. The summed E-state index contributed by atoms with van der Waals surface area (Å²) in [5.74, 6) is 0.580. The molecular formula is C14H19BrN2O. The summed E-state index contributed by atoms with van der Waals surface area (Å²) < 4.78 is 5.99. The first kappa shape index (κ1) is 15.0. The second-order valence-corrected chi connectivity index (χ2v) is 5.46. The minimum Gasteiger partial charge on any atom is -0.383 e. The zero-order valence-electron chi connectivity index (χ0n) is 11.1. The summed E-state index contributed by atoms with van der Waals surface area (Å²) in [6, 6.07) is 7.99. The summed E-state index contributed by atoms with van der Waals surface area (Å²) >= 11 is 3.43. The average Bonchev–Trinajstić information content (AvgIpc) is 2.34. The first-order valence-corrected chi connectivity index (χ1v) is 6.81. The Kier molecular flexibility index (Phi) is 6.17. The molecule has 0 saturated heterocycles. The van der Waals surface area contributed by atoms with Crippen molar-refractivity contribution >= 4 is 21.6 Å². The summed E-state index contributed by atoms with van der Waals surface area (Å²) in [4.78, 5) is 2.28. The van der Waals surface area contributed by atoms with Gasteiger partial charge in [-0.15, -0.1) is 0 Å². The van der Waals surface area contributed by atoms with E-state index in [1.54, 1.807) is 7.11 Å². The maximum Gasteiger partial charge on any atom is 0.100 e. The smallest absolute Gasteiger partial charge is 0.100 e. The van der Waals surface area contributed by atoms with E-state index in [0.29, 0.717) is 18.1 Å². The van der Waals surface area contributed by atoms with Gasteiger partial charge in [0.05, 0.1) is 12.2 Å². The molecule has 0 bridgehead atoms. The van der Waals surface area contributed by atoms with Gasteiger partial charge in [0, 0.05) is 30.4 Å². The number of hydrogen-bond acceptors (Lipinski definition) is 3. The SMILES string of the molecule is COCCN(CC(C)C)c1ccc(C#N)c(Br)c1. The van der Waals surface area contributed by atoms with Crippen molar-refractivity contribution in [1.29, 1.82) is 5.26 Å². The van der Waals surface area contributed by atoms with E-state index in [1.807, 2.05) is 18.2 Å². The Labute approximate surface area is 117 Å². The maximum atomic E-state index is 8.92. The lowest BCUT2D eigenvalue weighted by molar-refractivity contribution is 0.204. The second-order valence-electron chi connectivity index (χ2n) is 4.61. The van der Waals surface area contributed by atoms with Crippen LogP contribution < -0.4 is 4.90 Å². The van der Waals surface area contributed by atoms with Gasteiger partial charge in [-0.3, -0.25) is 0 Å². The van der Waals surface area contributed by atoms with Crippen LogP contribution in [-0.4, -0.2) is 26.8 Å². The Balaban J connectivity index is 2.90. The van der Waals surface area contributed by atoms with Gasteiger partial charge in [-0.25, -0.2) is 0 Å². The second kappa shape index (κ2) is 7.40. The van der Waals surface area contributed by atoms with E-state index in [9.17, 15) is 0 Å². The minimum absolute atomic E-state index is 0.580. The molecule has 18 heavy (non-hydrogen) atoms. The molecule has 0 radical (unpaired) electrons. The molecule has 0 amide bonds. The first-order valence-electron chi connectivity index (χ1n) is 6.02. The summed E-state index contributed by atoms with van der Waals surface area (Å²) in [6.07, 6.45) is 0. The number of hydrogen-bond donors (Lipinski definition) is 0. The number of benzene rings is 1. The van der Waals surface area contributed by atoms with Crippen molar-refractivity contribution in [3.05, 3.63) is 28.2 Å². The highest BCUT2D eigenvalue weighted by Crippen LogP contribution is 2.24. The Hall–Kier alpha value is -1.05. The molecule has 1 aromatic carbocycles. The third-order valence-corrected chi connectivity index (χ3v) is 3.25. The molecular weight excluding hydrogens is 292 g/mol. The molecule has 98 valence electrons. The molecule has 0 aromatic heterocycles. The van der Waals surface area contributed by atoms with Crippen LogP contribution in [0.3, 0.4) is 0 Å². The van der Waals surface area contributed by atoms with E-state index in [0.717, 1.165) is 23.2 Å². The van der Waals surface area contributed by atoms with Crippen LogP contribution in [0.4, 0.5) is 5.69 Å². The predicted octanol–water partition coefficient (Wildman–Crippen LogP) is 3.43. The topological polar surface area (TPSA) is 36.3 Å². The zero-order chi connectivity index (χ0) is 13.5. The van der Waals surface area contributed by atoms with E-state index < -0.39 is 0 Å². The van der Waals surface area contributed by atoms with Crippen molar-refractivity contribution in [3.8, 4) is 6.07 Å². The Morgan fingerprint density at radius 3 is 2.67 bits per heavy atom. The van der Waals surface area contributed by atoms with Gasteiger partial charge in [-0.05, 0) is 40.0 Å². The number of methoxy groups -OCH3 is 1. The quantitative estimate of drug-likeness (QED) is 0.807. The fraction of sp³-hybridized carbons (Fsp3) is 0.500. The molecule has 0 aliphatic carbocycles. The van der Waals surface area contributed by atoms with E-state index in [4.69, 9.17) is 10.00 Å². The minimum atomic E-state index is 0.580. The van der Waals surface area contributed by atoms with Crippen LogP contribution in [0.5, 0.6) is 0 Å². The molecule has 0 aliphatic rings. The molecule has 3 nitrogen and oxygen atoms in total. The van der Waals surface area contributed by atoms with Crippen molar-refractivity contribution < 1.29 is 4.74 Å². The molecule has 1 rings (SSSR count). The number of ether oxygens (including phenoxy) is 1. The first-order chi connectivity index (χ1) is 8.58. The Morgan fingerprint density at radius 2 is 2.17 bits per heavy atom. The van der Waals surface area contributed by atoms with Crippen molar-refractivity contribution in [2.75, 3.05) is 31.7 Å². The standard InChI is InChI=1S/C14H19BrN2O/c1-11(2)10-17(6-7-18-3)13-5-4-12(9-16)14(15)8-13/h4-5,8,11H,6-7,10H2,1-3H3. The van der Waals surface area contributed by atoms with Crippen LogP contribution in [-0.2, 0) is 4.74 Å². The summed E-state index contributed by atoms with van der Waals surface area (Å²) in [5, 5.41) is 8.92. The third-order valence-electron chi connectivity index (χ3n) is 2.59. The van der Waals surface area contributed by atoms with E-state index in [1.165, 1.54) is 0 Å². The van der Waals surface area contributed by atoms with E-state index in [2.05, 4.69) is 40.7 Å². The normalized spacial score (nSPS) is 10.4. The van der Waals surface area contributed by atoms with Crippen molar-refractivity contribution in [2.24, 2.45) is 5.92 Å². The van der Waals surface area contributed by atoms with Crippen LogP contribution in [0.2, 0.25) is 0 Å². The van der Waals surface area contributed by atoms with Gasteiger partial charge in [0.25, 0.3) is 0 Å². The molecule has 0 aliphatic heterocycles. The number of halogens is 1. The molecule has 1 aromatic rings. The highest BCUT2D eigenvalue weighted by Gasteiger charge is 2.10. The summed E-state index contributed by atoms with van der Waals surface area (Å²) in [5.41, 5.74) is 1.78. The highest BCUT2D eigenvalue weighted by molar-refractivity contribution is 9.10. The van der Waals surface area contributed by atoms with Crippen molar-refractivity contribution in [2.45, 2.75) is 13.8 Å². The Bertz CT molecular complexity index is 426. The largest absolute Gasteiger partial charge is 0.383 e. The van der Waals surface area contributed by atoms with Gasteiger partial charge in [-0.2, -0.15) is 5.26 Å². The molecule has 0 unspecified atom stereocenters. The van der Waals surface area contributed by atoms with Crippen molar-refractivity contribution in [3.63, 3.8) is 0 Å². The van der Waals surface area contributed by atoms with Gasteiger partial charge in [0.1, 0.15) is 6.07 Å². The van der Waals surface area contributed by atoms with Gasteiger partial charge < -0.3 is 9.64 Å². The zero-order valence-corrected chi connectivity index (χ0v) is 12.7. The molecule has 0 N–H and O–H groups in total. The van der Waals surface area contributed by atoms with Crippen LogP contribution in [0.15, 0.2) is 22.7 Å². The average molecular weight is 311 g/mol. The van der Waals surface area contributed by atoms with E-state index in [-0.39, 0.29) is 0 Å². The van der Waals surface area contributed by atoms with Gasteiger partial charge in [0.15, 0.2) is 0 Å². The number of nitrogens with zero attached hydrogens (tertiary/aromatic N) is 2. The molecule has 0 spiro atoms. The lowest BCUT2D eigenvalue weighted by Gasteiger charge is -2.26. The fourth-order valence-corrected chi connectivity index (χ4v) is 2.21. The maximum absolute atomic E-state index is 8.92. The number of nitriles is 1. The van der Waals surface area contributed by atoms with E-state index >= 15 is 0 Å². The van der Waals surface area contributed by atoms with Gasteiger partial charge in [-0.1, -0.05) is 13.8 Å². The van der Waals surface area contributed by atoms with Crippen molar-refractivity contribution in [1.82, 2.24) is 0 Å². The van der Waals surface area contributed by atoms with Gasteiger partial charge >= 0.3 is 0 Å². The summed E-state index contributed by atoms with van der Waals surface area (Å²) in [7, 11) is 1.71. The summed E-state index contributed by atoms with van der Waals surface area (Å²) in [6.45, 7) is 6.91. The number of anilines is 1. The van der Waals surface area contributed by atoms with Crippen LogP contribution in [0.1, 0.15) is 19.4 Å². The molecule has 0 fully saturated rings. The van der Waals surface area contributed by atoms with Crippen LogP contribution in [0, 0.1) is 17.2 Å². The highest BCUT2D eigenvalue weighted by atomic mass is 79.9. The third kappa shape index (κ3) is 4.32. The molecule has 4 heteroatoms. The molecule has 0 heterocycles. The number of rotatable bonds is 6. The van der Waals surface area contributed by atoms with Gasteiger partial charge in [0.2, 0.25) is 0 Å².